The van der Waals surface area contributed by atoms with Gasteiger partial charge in [-0.1, -0.05) is 11.6 Å². The van der Waals surface area contributed by atoms with Gasteiger partial charge >= 0.3 is 0 Å². The van der Waals surface area contributed by atoms with E-state index in [0.717, 1.165) is 41.4 Å². The molecule has 0 atom stereocenters. The Balaban J connectivity index is 2.32. The third kappa shape index (κ3) is 1.37. The highest BCUT2D eigenvalue weighted by molar-refractivity contribution is 6.09. The molecule has 16 heavy (non-hydrogen) atoms. The summed E-state index contributed by atoms with van der Waals surface area (Å²) in [5, 5.41) is 1.11. The van der Waals surface area contributed by atoms with Gasteiger partial charge in [0.25, 0.3) is 0 Å². The molecule has 1 aromatic heterocycles. The predicted octanol–water partition coefficient (Wildman–Crippen LogP) is 3.39. The molecule has 0 saturated heterocycles. The van der Waals surface area contributed by atoms with Gasteiger partial charge in [0.15, 0.2) is 5.78 Å². The first-order valence-electron chi connectivity index (χ1n) is 5.90. The molecule has 1 heterocycles. The number of carbonyl (C=O) groups excluding carboxylic acids is 1. The van der Waals surface area contributed by atoms with Gasteiger partial charge in [0.2, 0.25) is 0 Å². The van der Waals surface area contributed by atoms with Gasteiger partial charge in [-0.3, -0.25) is 4.79 Å². The van der Waals surface area contributed by atoms with E-state index in [1.165, 1.54) is 5.56 Å². The second-order valence-electron chi connectivity index (χ2n) is 4.66. The van der Waals surface area contributed by atoms with Crippen LogP contribution in [0.15, 0.2) is 18.2 Å². The van der Waals surface area contributed by atoms with Gasteiger partial charge in [-0.05, 0) is 38.3 Å². The summed E-state index contributed by atoms with van der Waals surface area (Å²) < 4.78 is 0. The van der Waals surface area contributed by atoms with E-state index < -0.39 is 0 Å². The van der Waals surface area contributed by atoms with Crippen LogP contribution in [0.1, 0.15) is 40.9 Å². The minimum atomic E-state index is 0.310. The molecule has 2 aromatic rings. The number of hydrogen-bond acceptors (Lipinski definition) is 1. The van der Waals surface area contributed by atoms with Crippen LogP contribution in [0.5, 0.6) is 0 Å². The number of aromatic nitrogens is 1. The first-order chi connectivity index (χ1) is 7.75. The van der Waals surface area contributed by atoms with Crippen molar-refractivity contribution in [3.8, 4) is 0 Å². The van der Waals surface area contributed by atoms with E-state index in [-0.39, 0.29) is 0 Å². The van der Waals surface area contributed by atoms with Gasteiger partial charge in [-0.15, -0.1) is 0 Å². The third-order valence-electron chi connectivity index (χ3n) is 3.39. The molecule has 1 aliphatic carbocycles. The molecule has 1 N–H and O–H groups in total. The van der Waals surface area contributed by atoms with Crippen LogP contribution in [0.3, 0.4) is 0 Å². The molecule has 0 bridgehead atoms. The highest BCUT2D eigenvalue weighted by Crippen LogP contribution is 2.28. The van der Waals surface area contributed by atoms with E-state index >= 15 is 0 Å². The third-order valence-corrected chi connectivity index (χ3v) is 3.39. The summed E-state index contributed by atoms with van der Waals surface area (Å²) in [5.41, 5.74) is 4.41. The Morgan fingerprint density at radius 2 is 2.00 bits per heavy atom. The quantitative estimate of drug-likeness (QED) is 0.668. The molecule has 0 aliphatic heterocycles. The molecule has 0 spiro atoms. The average Bonchev–Trinajstić information content (AvgIpc) is 2.51. The number of aromatic amines is 1. The van der Waals surface area contributed by atoms with Gasteiger partial charge in [-0.25, -0.2) is 0 Å². The lowest BCUT2D eigenvalue weighted by atomic mass is 10.0. The maximum atomic E-state index is 12.1. The van der Waals surface area contributed by atoms with Gasteiger partial charge in [0, 0.05) is 28.6 Å². The summed E-state index contributed by atoms with van der Waals surface area (Å²) in [6.07, 6.45) is 3.85. The fourth-order valence-electron chi connectivity index (χ4n) is 2.58. The second-order valence-corrected chi connectivity index (χ2v) is 4.66. The Morgan fingerprint density at radius 1 is 1.19 bits per heavy atom. The monoisotopic (exact) mass is 213 g/mol. The van der Waals surface area contributed by atoms with Crippen LogP contribution >= 0.6 is 0 Å². The highest BCUT2D eigenvalue weighted by Gasteiger charge is 2.20. The fourth-order valence-corrected chi connectivity index (χ4v) is 2.58. The van der Waals surface area contributed by atoms with E-state index in [9.17, 15) is 4.79 Å². The fraction of sp³-hybridized carbons (Fsp3) is 0.357. The van der Waals surface area contributed by atoms with Crippen LogP contribution < -0.4 is 0 Å². The number of hydrogen-bond donors (Lipinski definition) is 1. The molecule has 0 unspecified atom stereocenters. The molecule has 82 valence electrons. The summed E-state index contributed by atoms with van der Waals surface area (Å²) in [4.78, 5) is 15.5. The molecule has 3 rings (SSSR count). The summed E-state index contributed by atoms with van der Waals surface area (Å²) >= 11 is 0. The van der Waals surface area contributed by atoms with E-state index in [1.807, 2.05) is 0 Å². The van der Waals surface area contributed by atoms with Crippen molar-refractivity contribution in [1.29, 1.82) is 0 Å². The lowest BCUT2D eigenvalue weighted by molar-refractivity contribution is 0.0983. The van der Waals surface area contributed by atoms with Gasteiger partial charge in [0.05, 0.1) is 0 Å². The number of carbonyl (C=O) groups is 1. The Morgan fingerprint density at radius 3 is 2.88 bits per heavy atom. The first-order valence-corrected chi connectivity index (χ1v) is 5.90. The summed E-state index contributed by atoms with van der Waals surface area (Å²) in [7, 11) is 0. The number of benzene rings is 1. The van der Waals surface area contributed by atoms with E-state index in [1.54, 1.807) is 0 Å². The maximum Gasteiger partial charge on any atom is 0.165 e. The smallest absolute Gasteiger partial charge is 0.165 e. The summed E-state index contributed by atoms with van der Waals surface area (Å²) in [6.45, 7) is 2.07. The second kappa shape index (κ2) is 3.48. The topological polar surface area (TPSA) is 32.9 Å². The molecular weight excluding hydrogens is 198 g/mol. The molecule has 0 radical (unpaired) electrons. The van der Waals surface area contributed by atoms with E-state index in [4.69, 9.17) is 0 Å². The van der Waals surface area contributed by atoms with Gasteiger partial charge in [0.1, 0.15) is 0 Å². The lowest BCUT2D eigenvalue weighted by Crippen LogP contribution is -1.97. The number of aryl methyl sites for hydroxylation is 2. The van der Waals surface area contributed by atoms with Crippen molar-refractivity contribution in [2.24, 2.45) is 0 Å². The zero-order chi connectivity index (χ0) is 11.1. The number of ketones is 1. The number of fused-ring (bicyclic) bond motifs is 3. The molecule has 2 heteroatoms. The molecule has 1 aliphatic rings. The molecule has 0 fully saturated rings. The van der Waals surface area contributed by atoms with Crippen LogP contribution in [0.2, 0.25) is 0 Å². The van der Waals surface area contributed by atoms with Crippen molar-refractivity contribution in [3.63, 3.8) is 0 Å². The van der Waals surface area contributed by atoms with Crippen molar-refractivity contribution in [3.05, 3.63) is 35.0 Å². The minimum absolute atomic E-state index is 0.310. The minimum Gasteiger partial charge on any atom is -0.358 e. The Bertz CT molecular complexity index is 565. The SMILES string of the molecule is Cc1ccc2[nH]c3c(c2c1)C(=O)CCCC3. The molecule has 0 amide bonds. The number of H-pyrrole nitrogens is 1. The Labute approximate surface area is 94.7 Å². The zero-order valence-electron chi connectivity index (χ0n) is 9.47. The van der Waals surface area contributed by atoms with Crippen LogP contribution in [0.4, 0.5) is 0 Å². The van der Waals surface area contributed by atoms with Crippen LogP contribution in [0.25, 0.3) is 10.9 Å². The van der Waals surface area contributed by atoms with Crippen LogP contribution in [-0.2, 0) is 6.42 Å². The zero-order valence-corrected chi connectivity index (χ0v) is 9.47. The molecule has 2 nitrogen and oxygen atoms in total. The standard InChI is InChI=1S/C14H15NO/c1-9-6-7-11-10(8-9)14-12(15-11)4-2-3-5-13(14)16/h6-8,15H,2-5H2,1H3. The lowest BCUT2D eigenvalue weighted by Gasteiger charge is -1.98. The molecular formula is C14H15NO. The van der Waals surface area contributed by atoms with Crippen molar-refractivity contribution in [2.45, 2.75) is 32.6 Å². The number of rotatable bonds is 0. The average molecular weight is 213 g/mol. The van der Waals surface area contributed by atoms with Crippen molar-refractivity contribution >= 4 is 16.7 Å². The normalized spacial score (nSPS) is 16.2. The van der Waals surface area contributed by atoms with Gasteiger partial charge in [-0.2, -0.15) is 0 Å². The maximum absolute atomic E-state index is 12.1. The Hall–Kier alpha value is -1.57. The largest absolute Gasteiger partial charge is 0.358 e. The van der Waals surface area contributed by atoms with Crippen LogP contribution in [0, 0.1) is 6.92 Å². The molecule has 0 saturated carbocycles. The van der Waals surface area contributed by atoms with E-state index in [2.05, 4.69) is 30.1 Å². The van der Waals surface area contributed by atoms with Crippen LogP contribution in [-0.4, -0.2) is 10.8 Å². The molecule has 1 aromatic carbocycles. The predicted molar refractivity (Wildman–Crippen MR) is 64.9 cm³/mol. The van der Waals surface area contributed by atoms with Gasteiger partial charge < -0.3 is 4.98 Å². The summed E-state index contributed by atoms with van der Waals surface area (Å²) in [5.74, 6) is 0.310. The number of Topliss-reactive ketones (excluding diaryl/α,β-unsaturated/α-hetero) is 1. The van der Waals surface area contributed by atoms with Crippen molar-refractivity contribution < 1.29 is 4.79 Å². The van der Waals surface area contributed by atoms with Crippen molar-refractivity contribution in [1.82, 2.24) is 4.98 Å². The highest BCUT2D eigenvalue weighted by atomic mass is 16.1. The van der Waals surface area contributed by atoms with E-state index in [0.29, 0.717) is 12.2 Å². The first kappa shape index (κ1) is 9.64. The summed E-state index contributed by atoms with van der Waals surface area (Å²) in [6, 6.07) is 6.28. The van der Waals surface area contributed by atoms with Crippen molar-refractivity contribution in [2.75, 3.05) is 0 Å². The number of nitrogens with one attached hydrogen (secondary N) is 1. The Kier molecular flexibility index (Phi) is 2.10.